The number of furan rings is 1. The number of benzene rings is 1. The first-order valence-corrected chi connectivity index (χ1v) is 11.9. The smallest absolute Gasteiger partial charge is 0.287 e. The van der Waals surface area contributed by atoms with Crippen molar-refractivity contribution in [3.8, 4) is 0 Å². The van der Waals surface area contributed by atoms with E-state index in [2.05, 4.69) is 79.8 Å². The zero-order valence-electron chi connectivity index (χ0n) is 21.0. The van der Waals surface area contributed by atoms with Gasteiger partial charge in [0.05, 0.1) is 0 Å². The Hall–Kier alpha value is -2.03. The van der Waals surface area contributed by atoms with Crippen LogP contribution in [0.1, 0.15) is 107 Å². The van der Waals surface area contributed by atoms with E-state index in [1.165, 1.54) is 35.1 Å². The Labute approximate surface area is 189 Å². The van der Waals surface area contributed by atoms with Crippen LogP contribution in [0.25, 0.3) is 0 Å². The van der Waals surface area contributed by atoms with Crippen molar-refractivity contribution in [1.29, 1.82) is 0 Å². The maximum Gasteiger partial charge on any atom is 0.287 e. The Kier molecular flexibility index (Phi) is 6.47. The van der Waals surface area contributed by atoms with Gasteiger partial charge in [-0.25, -0.2) is 0 Å². The summed E-state index contributed by atoms with van der Waals surface area (Å²) >= 11 is 0. The molecular formula is C28H41NO2. The van der Waals surface area contributed by atoms with Gasteiger partial charge >= 0.3 is 0 Å². The highest BCUT2D eigenvalue weighted by molar-refractivity contribution is 5.91. The number of carbonyl (C=O) groups is 1. The molecule has 1 heterocycles. The van der Waals surface area contributed by atoms with Gasteiger partial charge in [0.1, 0.15) is 5.76 Å². The van der Waals surface area contributed by atoms with E-state index in [0.717, 1.165) is 5.76 Å². The molecule has 1 amide bonds. The van der Waals surface area contributed by atoms with Crippen LogP contribution in [-0.2, 0) is 17.3 Å². The van der Waals surface area contributed by atoms with Crippen LogP contribution < -0.4 is 5.32 Å². The van der Waals surface area contributed by atoms with Crippen LogP contribution in [0.15, 0.2) is 28.7 Å². The molecule has 1 aromatic heterocycles. The molecule has 3 nitrogen and oxygen atoms in total. The minimum atomic E-state index is -0.122. The third-order valence-corrected chi connectivity index (χ3v) is 7.29. The van der Waals surface area contributed by atoms with E-state index in [0.29, 0.717) is 24.0 Å². The van der Waals surface area contributed by atoms with Crippen LogP contribution in [0.5, 0.6) is 0 Å². The van der Waals surface area contributed by atoms with E-state index in [4.69, 9.17) is 4.42 Å². The molecule has 1 N–H and O–H groups in total. The molecule has 2 aromatic rings. The number of hydrogen-bond donors (Lipinski definition) is 1. The summed E-state index contributed by atoms with van der Waals surface area (Å²) in [7, 11) is 0. The number of nitrogens with one attached hydrogen (secondary N) is 1. The molecule has 1 aliphatic rings. The predicted molar refractivity (Wildman–Crippen MR) is 129 cm³/mol. The molecule has 0 atom stereocenters. The van der Waals surface area contributed by atoms with Gasteiger partial charge in [0.25, 0.3) is 5.91 Å². The van der Waals surface area contributed by atoms with Crippen LogP contribution in [-0.4, -0.2) is 11.9 Å². The Morgan fingerprint density at radius 1 is 0.968 bits per heavy atom. The Bertz CT molecular complexity index is 938. The van der Waals surface area contributed by atoms with Crippen molar-refractivity contribution in [2.24, 2.45) is 11.8 Å². The summed E-state index contributed by atoms with van der Waals surface area (Å²) in [5.41, 5.74) is 5.93. The number of hydrogen-bond acceptors (Lipinski definition) is 2. The van der Waals surface area contributed by atoms with Crippen molar-refractivity contribution < 1.29 is 9.21 Å². The highest BCUT2D eigenvalue weighted by atomic mass is 16.3. The molecule has 0 saturated carbocycles. The molecule has 3 heteroatoms. The Morgan fingerprint density at radius 3 is 2.06 bits per heavy atom. The summed E-state index contributed by atoms with van der Waals surface area (Å²) in [5, 5.41) is 3.15. The van der Waals surface area contributed by atoms with E-state index in [1.807, 2.05) is 12.1 Å². The van der Waals surface area contributed by atoms with Crippen molar-refractivity contribution >= 4 is 5.91 Å². The van der Waals surface area contributed by atoms with Crippen molar-refractivity contribution in [2.45, 2.75) is 98.4 Å². The SMILES string of the molecule is Cc1cc2c(cc1Cc1ccc(C(=O)NC(C(C)C)C(C)C)o1)C(C)(C)CCC2(C)C. The topological polar surface area (TPSA) is 42.2 Å². The van der Waals surface area contributed by atoms with Crippen LogP contribution in [0, 0.1) is 18.8 Å². The zero-order chi connectivity index (χ0) is 23.1. The molecule has 3 rings (SSSR count). The second-order valence-electron chi connectivity index (χ2n) is 11.5. The second-order valence-corrected chi connectivity index (χ2v) is 11.5. The molecule has 0 fully saturated rings. The molecule has 1 aliphatic carbocycles. The number of carbonyl (C=O) groups excluding carboxylic acids is 1. The monoisotopic (exact) mass is 423 g/mol. The summed E-state index contributed by atoms with van der Waals surface area (Å²) in [5.74, 6) is 1.88. The number of amides is 1. The van der Waals surface area contributed by atoms with Crippen LogP contribution in [0.2, 0.25) is 0 Å². The normalized spacial score (nSPS) is 17.3. The maximum atomic E-state index is 12.7. The summed E-state index contributed by atoms with van der Waals surface area (Å²) in [6.07, 6.45) is 3.13. The van der Waals surface area contributed by atoms with E-state index < -0.39 is 0 Å². The lowest BCUT2D eigenvalue weighted by Gasteiger charge is -2.42. The van der Waals surface area contributed by atoms with E-state index in [9.17, 15) is 4.79 Å². The van der Waals surface area contributed by atoms with Crippen molar-refractivity contribution in [3.05, 3.63) is 58.0 Å². The van der Waals surface area contributed by atoms with Crippen molar-refractivity contribution in [1.82, 2.24) is 5.32 Å². The summed E-state index contributed by atoms with van der Waals surface area (Å²) in [6.45, 7) is 20.2. The number of rotatable bonds is 6. The van der Waals surface area contributed by atoms with Gasteiger partial charge in [0, 0.05) is 12.5 Å². The largest absolute Gasteiger partial charge is 0.456 e. The molecule has 31 heavy (non-hydrogen) atoms. The number of aryl methyl sites for hydroxylation is 1. The standard InChI is InChI=1S/C28H41NO2/c1-17(2)25(18(3)4)29-26(30)24-11-10-21(31-24)15-20-16-23-22(14-19(20)5)27(6,7)12-13-28(23,8)9/h10-11,14,16-18,25H,12-13,15H2,1-9H3,(H,29,30). The molecule has 1 aromatic carbocycles. The molecule has 170 valence electrons. The van der Waals surface area contributed by atoms with Gasteiger partial charge in [-0.1, -0.05) is 67.5 Å². The lowest BCUT2D eigenvalue weighted by Crippen LogP contribution is -2.42. The third kappa shape index (κ3) is 4.91. The van der Waals surface area contributed by atoms with Gasteiger partial charge in [-0.3, -0.25) is 4.79 Å². The van der Waals surface area contributed by atoms with Gasteiger partial charge in [-0.2, -0.15) is 0 Å². The average Bonchev–Trinajstić information content (AvgIpc) is 3.13. The fourth-order valence-corrected chi connectivity index (χ4v) is 5.07. The average molecular weight is 424 g/mol. The molecular weight excluding hydrogens is 382 g/mol. The van der Waals surface area contributed by atoms with Gasteiger partial charge in [0.2, 0.25) is 0 Å². The van der Waals surface area contributed by atoms with E-state index >= 15 is 0 Å². The van der Waals surface area contributed by atoms with E-state index in [1.54, 1.807) is 0 Å². The Morgan fingerprint density at radius 2 is 1.52 bits per heavy atom. The lowest BCUT2D eigenvalue weighted by atomic mass is 9.62. The molecule has 0 unspecified atom stereocenters. The highest BCUT2D eigenvalue weighted by Gasteiger charge is 2.37. The van der Waals surface area contributed by atoms with Gasteiger partial charge in [-0.05, 0) is 76.8 Å². The zero-order valence-corrected chi connectivity index (χ0v) is 21.0. The van der Waals surface area contributed by atoms with Crippen molar-refractivity contribution in [3.63, 3.8) is 0 Å². The predicted octanol–water partition coefficient (Wildman–Crippen LogP) is 6.94. The van der Waals surface area contributed by atoms with Gasteiger partial charge < -0.3 is 9.73 Å². The molecule has 0 aliphatic heterocycles. The first-order chi connectivity index (χ1) is 14.3. The Balaban J connectivity index is 1.83. The molecule has 0 radical (unpaired) electrons. The fraction of sp³-hybridized carbons (Fsp3) is 0.607. The summed E-state index contributed by atoms with van der Waals surface area (Å²) in [4.78, 5) is 12.7. The first kappa shape index (κ1) is 23.6. The first-order valence-electron chi connectivity index (χ1n) is 11.9. The maximum absolute atomic E-state index is 12.7. The van der Waals surface area contributed by atoms with Crippen molar-refractivity contribution in [2.75, 3.05) is 0 Å². The molecule has 0 saturated heterocycles. The molecule has 0 spiro atoms. The minimum Gasteiger partial charge on any atom is -0.456 e. The summed E-state index contributed by atoms with van der Waals surface area (Å²) < 4.78 is 5.99. The summed E-state index contributed by atoms with van der Waals surface area (Å²) in [6, 6.07) is 8.67. The molecule has 0 bridgehead atoms. The van der Waals surface area contributed by atoms with Crippen LogP contribution in [0.3, 0.4) is 0 Å². The second kappa shape index (κ2) is 8.48. The minimum absolute atomic E-state index is 0.122. The van der Waals surface area contributed by atoms with E-state index in [-0.39, 0.29) is 22.8 Å². The van der Waals surface area contributed by atoms with Crippen LogP contribution in [0.4, 0.5) is 0 Å². The third-order valence-electron chi connectivity index (χ3n) is 7.29. The van der Waals surface area contributed by atoms with Crippen LogP contribution >= 0.6 is 0 Å². The fourth-order valence-electron chi connectivity index (χ4n) is 5.07. The van der Waals surface area contributed by atoms with Gasteiger partial charge in [-0.15, -0.1) is 0 Å². The highest BCUT2D eigenvalue weighted by Crippen LogP contribution is 2.46. The number of fused-ring (bicyclic) bond motifs is 1. The van der Waals surface area contributed by atoms with Gasteiger partial charge in [0.15, 0.2) is 5.76 Å². The quantitative estimate of drug-likeness (QED) is 0.547. The lowest BCUT2D eigenvalue weighted by molar-refractivity contribution is 0.0880.